The van der Waals surface area contributed by atoms with E-state index < -0.39 is 48.2 Å². The lowest BCUT2D eigenvalue weighted by Gasteiger charge is -2.33. The van der Waals surface area contributed by atoms with E-state index in [0.29, 0.717) is 16.9 Å². The summed E-state index contributed by atoms with van der Waals surface area (Å²) in [4.78, 5) is 45.7. The van der Waals surface area contributed by atoms with Crippen molar-refractivity contribution in [2.45, 2.75) is 61.1 Å². The number of benzene rings is 5. The number of carbonyl (C=O) groups is 2. The Labute approximate surface area is 376 Å². The van der Waals surface area contributed by atoms with Gasteiger partial charge < -0.3 is 19.7 Å². The SMILES string of the molecule is Cn1c(=O)c(C2=Nc3ccc(C(=O)O)cc3S(=O)(=O)N2)c2c3c(c(Nc4ccc(S(=O)(=O)O)cc4)cc(Oc4ccc(C(C)(C)CC(C)(C)C)cc4SOOO)c31)C(=O)c1ccccc1-2. The number of aliphatic imine (C=N–C) groups is 1. The number of nitrogens with one attached hydrogen (secondary N) is 2. The Morgan fingerprint density at radius 1 is 0.892 bits per heavy atom. The minimum Gasteiger partial charge on any atom is -0.478 e. The molecular formula is C45H40N4O13S3. The Morgan fingerprint density at radius 2 is 1.58 bits per heavy atom. The second-order valence-corrected chi connectivity index (χ2v) is 21.1. The van der Waals surface area contributed by atoms with Gasteiger partial charge in [0.25, 0.3) is 25.7 Å². The van der Waals surface area contributed by atoms with E-state index in [1.807, 2.05) is 12.1 Å². The van der Waals surface area contributed by atoms with Crippen LogP contribution in [0, 0.1) is 5.41 Å². The fourth-order valence-corrected chi connectivity index (χ4v) is 10.7. The average Bonchev–Trinajstić information content (AvgIpc) is 3.22. The lowest BCUT2D eigenvalue weighted by molar-refractivity contribution is -0.432. The fraction of sp³-hybridized carbons (Fsp3) is 0.200. The summed E-state index contributed by atoms with van der Waals surface area (Å²) in [6.07, 6.45) is 0.785. The molecule has 1 aliphatic heterocycles. The predicted octanol–water partition coefficient (Wildman–Crippen LogP) is 8.74. The lowest BCUT2D eigenvalue weighted by atomic mass is 9.72. The molecule has 1 aromatic heterocycles. The van der Waals surface area contributed by atoms with E-state index in [2.05, 4.69) is 54.7 Å². The van der Waals surface area contributed by atoms with E-state index in [1.165, 1.54) is 41.9 Å². The highest BCUT2D eigenvalue weighted by Gasteiger charge is 2.38. The Hall–Kier alpha value is -6.39. The zero-order chi connectivity index (χ0) is 47.0. The molecule has 0 fully saturated rings. The normalized spacial score (nSPS) is 14.3. The van der Waals surface area contributed by atoms with Crippen LogP contribution in [0.3, 0.4) is 0 Å². The molecule has 5 aromatic carbocycles. The number of hydrogen-bond donors (Lipinski definition) is 5. The molecule has 8 rings (SSSR count). The minimum absolute atomic E-state index is 0.00608. The molecular weight excluding hydrogens is 901 g/mol. The quantitative estimate of drug-likeness (QED) is 0.0332. The van der Waals surface area contributed by atoms with E-state index in [-0.39, 0.29) is 88.6 Å². The summed E-state index contributed by atoms with van der Waals surface area (Å²) in [6.45, 7) is 10.6. The highest BCUT2D eigenvalue weighted by Crippen LogP contribution is 2.49. The monoisotopic (exact) mass is 940 g/mol. The topological polar surface area (TPSA) is 249 Å². The summed E-state index contributed by atoms with van der Waals surface area (Å²) < 4.78 is 76.4. The number of sulfonamides is 1. The van der Waals surface area contributed by atoms with E-state index in [1.54, 1.807) is 30.3 Å². The molecule has 20 heteroatoms. The first-order valence-corrected chi connectivity index (χ1v) is 23.3. The molecule has 0 radical (unpaired) electrons. The summed E-state index contributed by atoms with van der Waals surface area (Å²) in [5.41, 5.74) is 0.0645. The minimum atomic E-state index is -4.56. The number of aromatic nitrogens is 1. The van der Waals surface area contributed by atoms with Gasteiger partial charge in [0, 0.05) is 35.3 Å². The number of aryl methyl sites for hydroxylation is 1. The number of hydrogen-bond acceptors (Lipinski definition) is 14. The van der Waals surface area contributed by atoms with Crippen LogP contribution in [0.1, 0.15) is 78.4 Å². The molecule has 0 bridgehead atoms. The Balaban J connectivity index is 1.44. The van der Waals surface area contributed by atoms with Crippen molar-refractivity contribution < 1.29 is 55.5 Å². The second-order valence-electron chi connectivity index (χ2n) is 17.3. The second kappa shape index (κ2) is 16.2. The van der Waals surface area contributed by atoms with E-state index in [4.69, 9.17) is 9.07 Å². The van der Waals surface area contributed by atoms with Crippen molar-refractivity contribution in [3.63, 3.8) is 0 Å². The molecule has 0 saturated heterocycles. The summed E-state index contributed by atoms with van der Waals surface area (Å²) in [5, 5.41) is 26.1. The number of carboxylic acids is 1. The van der Waals surface area contributed by atoms with Gasteiger partial charge in [-0.05, 0) is 83.0 Å². The number of pyridine rings is 1. The van der Waals surface area contributed by atoms with Gasteiger partial charge in [0.05, 0.1) is 55.4 Å². The molecule has 336 valence electrons. The molecule has 5 N–H and O–H groups in total. The van der Waals surface area contributed by atoms with Crippen LogP contribution in [-0.4, -0.2) is 53.9 Å². The van der Waals surface area contributed by atoms with Gasteiger partial charge in [-0.3, -0.25) is 18.9 Å². The first-order valence-electron chi connectivity index (χ1n) is 19.7. The molecule has 0 amide bonds. The van der Waals surface area contributed by atoms with Crippen molar-refractivity contribution in [1.82, 2.24) is 9.29 Å². The van der Waals surface area contributed by atoms with Gasteiger partial charge in [-0.2, -0.15) is 8.42 Å². The Bertz CT molecular complexity index is 3340. The van der Waals surface area contributed by atoms with Crippen LogP contribution in [0.25, 0.3) is 22.0 Å². The number of aromatic carboxylic acids is 1. The van der Waals surface area contributed by atoms with Crippen molar-refractivity contribution in [2.24, 2.45) is 17.5 Å². The maximum Gasteiger partial charge on any atom is 0.335 e. The summed E-state index contributed by atoms with van der Waals surface area (Å²) in [7, 11) is -7.68. The molecule has 6 aromatic rings. The van der Waals surface area contributed by atoms with Gasteiger partial charge in [-0.25, -0.2) is 23.5 Å². The number of fused-ring (bicyclic) bond motifs is 3. The van der Waals surface area contributed by atoms with Gasteiger partial charge in [-0.15, -0.1) is 4.33 Å². The van der Waals surface area contributed by atoms with Crippen molar-refractivity contribution in [3.05, 3.63) is 129 Å². The standard InChI is InChI=1S/C45H40N4O13S3/c1-44(2,3)22-45(4,5)24-12-18-31(33(20-24)63-62-61-54)60-32-21-30(46-25-13-15-26(16-14-25)65(57,58)59)36-37-35(27-9-7-8-10-28(27)40(36)50)38(42(51)49(6)39(32)37)41-47-29-17-11-23(43(52)53)19-34(29)64(55,56)48-41/h7-21,46,54H,22H2,1-6H3,(H,47,48)(H,52,53)(H,57,58,59). The lowest BCUT2D eigenvalue weighted by Crippen LogP contribution is -2.39. The first kappa shape index (κ1) is 45.2. The first-order chi connectivity index (χ1) is 30.5. The Kier molecular flexibility index (Phi) is 11.3. The molecule has 2 heterocycles. The van der Waals surface area contributed by atoms with Crippen molar-refractivity contribution in [3.8, 4) is 22.6 Å². The Morgan fingerprint density at radius 3 is 2.23 bits per heavy atom. The molecule has 0 saturated carbocycles. The summed E-state index contributed by atoms with van der Waals surface area (Å²) in [6, 6.07) is 21.7. The van der Waals surface area contributed by atoms with Crippen LogP contribution in [0.2, 0.25) is 0 Å². The number of rotatable bonds is 12. The average molecular weight is 941 g/mol. The van der Waals surface area contributed by atoms with Gasteiger partial charge in [0.15, 0.2) is 17.4 Å². The molecule has 65 heavy (non-hydrogen) atoms. The highest BCUT2D eigenvalue weighted by atomic mass is 32.2. The smallest absolute Gasteiger partial charge is 0.335 e. The maximum absolute atomic E-state index is 15.0. The van der Waals surface area contributed by atoms with Crippen LogP contribution in [-0.2, 0) is 42.0 Å². The third-order valence-electron chi connectivity index (χ3n) is 11.0. The van der Waals surface area contributed by atoms with Crippen LogP contribution in [0.15, 0.2) is 115 Å². The van der Waals surface area contributed by atoms with Crippen molar-refractivity contribution in [2.75, 3.05) is 5.32 Å². The number of ether oxygens (including phenoxy) is 1. The number of carbonyl (C=O) groups excluding carboxylic acids is 1. The van der Waals surface area contributed by atoms with Crippen LogP contribution in [0.4, 0.5) is 17.1 Å². The summed E-state index contributed by atoms with van der Waals surface area (Å²) in [5.74, 6) is -2.09. The van der Waals surface area contributed by atoms with Crippen LogP contribution >= 0.6 is 12.0 Å². The predicted molar refractivity (Wildman–Crippen MR) is 242 cm³/mol. The molecule has 17 nitrogen and oxygen atoms in total. The number of carboxylic acid groups (broad SMARTS) is 1. The molecule has 0 spiro atoms. The molecule has 0 unspecified atom stereocenters. The third kappa shape index (κ3) is 8.40. The van der Waals surface area contributed by atoms with E-state index in [9.17, 15) is 41.3 Å². The van der Waals surface area contributed by atoms with Crippen molar-refractivity contribution >= 4 is 77.7 Å². The maximum atomic E-state index is 15.0. The van der Waals surface area contributed by atoms with E-state index in [0.717, 1.165) is 30.2 Å². The number of nitrogens with zero attached hydrogens (tertiary/aromatic N) is 2. The fourth-order valence-electron chi connectivity index (χ4n) is 8.59. The molecule has 2 aliphatic rings. The third-order valence-corrected chi connectivity index (χ3v) is 13.8. The van der Waals surface area contributed by atoms with Crippen molar-refractivity contribution in [1.29, 1.82) is 0 Å². The van der Waals surface area contributed by atoms with Gasteiger partial charge in [0.2, 0.25) is 0 Å². The van der Waals surface area contributed by atoms with Crippen LogP contribution < -0.4 is 20.3 Å². The van der Waals surface area contributed by atoms with Gasteiger partial charge in [-0.1, -0.05) is 70.0 Å². The van der Waals surface area contributed by atoms with Gasteiger partial charge in [0.1, 0.15) is 10.6 Å². The number of ketones is 1. The summed E-state index contributed by atoms with van der Waals surface area (Å²) >= 11 is 0.650. The molecule has 1 aliphatic carbocycles. The number of anilines is 2. The zero-order valence-electron chi connectivity index (χ0n) is 35.4. The zero-order valence-corrected chi connectivity index (χ0v) is 37.9. The highest BCUT2D eigenvalue weighted by molar-refractivity contribution is 7.94. The largest absolute Gasteiger partial charge is 0.478 e. The number of amidine groups is 1. The molecule has 0 atom stereocenters. The van der Waals surface area contributed by atoms with E-state index >= 15 is 4.79 Å². The van der Waals surface area contributed by atoms with Crippen LogP contribution in [0.5, 0.6) is 11.5 Å². The van der Waals surface area contributed by atoms with Gasteiger partial charge >= 0.3 is 5.97 Å².